The summed E-state index contributed by atoms with van der Waals surface area (Å²) in [5, 5.41) is 0. The smallest absolute Gasteiger partial charge is 0.254 e. The van der Waals surface area contributed by atoms with Crippen molar-refractivity contribution in [3.8, 4) is 0 Å². The zero-order chi connectivity index (χ0) is 17.1. The number of carbonyl (C=O) groups excluding carboxylic acids is 1. The fraction of sp³-hybridized carbons (Fsp3) is 0.368. The predicted molar refractivity (Wildman–Crippen MR) is 92.7 cm³/mol. The summed E-state index contributed by atoms with van der Waals surface area (Å²) >= 11 is 0. The zero-order valence-corrected chi connectivity index (χ0v) is 14.1. The van der Waals surface area contributed by atoms with E-state index in [1.807, 2.05) is 29.7 Å². The quantitative estimate of drug-likeness (QED) is 0.869. The SMILES string of the molecule is CCc1cnccc1C(=O)N1CCN(c2ccccc2F)CC1C. The van der Waals surface area contributed by atoms with Crippen molar-refractivity contribution in [2.45, 2.75) is 26.3 Å². The average Bonchev–Trinajstić information content (AvgIpc) is 2.61. The number of para-hydroxylation sites is 1. The van der Waals surface area contributed by atoms with Gasteiger partial charge in [-0.15, -0.1) is 0 Å². The summed E-state index contributed by atoms with van der Waals surface area (Å²) in [5.41, 5.74) is 2.29. The minimum Gasteiger partial charge on any atom is -0.365 e. The second-order valence-electron chi connectivity index (χ2n) is 6.13. The second kappa shape index (κ2) is 6.99. The lowest BCUT2D eigenvalue weighted by atomic mass is 10.0. The van der Waals surface area contributed by atoms with Gasteiger partial charge in [-0.2, -0.15) is 0 Å². The maximum absolute atomic E-state index is 14.0. The van der Waals surface area contributed by atoms with Crippen LogP contribution in [0.3, 0.4) is 0 Å². The Morgan fingerprint density at radius 2 is 2.08 bits per heavy atom. The molecule has 126 valence electrons. The van der Waals surface area contributed by atoms with Crippen LogP contribution in [0.4, 0.5) is 10.1 Å². The van der Waals surface area contributed by atoms with Gasteiger partial charge in [-0.1, -0.05) is 19.1 Å². The lowest BCUT2D eigenvalue weighted by Gasteiger charge is -2.41. The Balaban J connectivity index is 1.76. The van der Waals surface area contributed by atoms with Gasteiger partial charge in [0.1, 0.15) is 5.82 Å². The molecular weight excluding hydrogens is 305 g/mol. The van der Waals surface area contributed by atoms with E-state index in [9.17, 15) is 9.18 Å². The summed E-state index contributed by atoms with van der Waals surface area (Å²) in [5.74, 6) is -0.179. The molecule has 0 N–H and O–H groups in total. The van der Waals surface area contributed by atoms with Gasteiger partial charge in [0.05, 0.1) is 5.69 Å². The van der Waals surface area contributed by atoms with Gasteiger partial charge in [0, 0.05) is 43.6 Å². The van der Waals surface area contributed by atoms with Crippen molar-refractivity contribution in [2.75, 3.05) is 24.5 Å². The molecule has 5 heteroatoms. The van der Waals surface area contributed by atoms with E-state index in [-0.39, 0.29) is 17.8 Å². The van der Waals surface area contributed by atoms with Crippen LogP contribution in [0.25, 0.3) is 0 Å². The van der Waals surface area contributed by atoms with Crippen LogP contribution in [0.15, 0.2) is 42.7 Å². The van der Waals surface area contributed by atoms with Gasteiger partial charge >= 0.3 is 0 Å². The van der Waals surface area contributed by atoms with Gasteiger partial charge in [-0.05, 0) is 37.1 Å². The number of anilines is 1. The lowest BCUT2D eigenvalue weighted by Crippen LogP contribution is -2.54. The Morgan fingerprint density at radius 1 is 1.29 bits per heavy atom. The third-order valence-corrected chi connectivity index (χ3v) is 4.60. The van der Waals surface area contributed by atoms with Crippen molar-refractivity contribution >= 4 is 11.6 Å². The Hall–Kier alpha value is -2.43. The number of amides is 1. The molecule has 1 amide bonds. The molecule has 4 nitrogen and oxygen atoms in total. The number of aryl methyl sites for hydroxylation is 1. The Labute approximate surface area is 141 Å². The summed E-state index contributed by atoms with van der Waals surface area (Å²) in [6.07, 6.45) is 4.19. The molecule has 0 bridgehead atoms. The predicted octanol–water partition coefficient (Wildman–Crippen LogP) is 3.13. The van der Waals surface area contributed by atoms with E-state index in [0.717, 1.165) is 17.5 Å². The number of hydrogen-bond donors (Lipinski definition) is 0. The van der Waals surface area contributed by atoms with E-state index in [0.29, 0.717) is 25.3 Å². The number of carbonyl (C=O) groups is 1. The van der Waals surface area contributed by atoms with Crippen molar-refractivity contribution in [3.05, 3.63) is 59.7 Å². The number of pyridine rings is 1. The maximum Gasteiger partial charge on any atom is 0.254 e. The molecule has 1 aliphatic heterocycles. The van der Waals surface area contributed by atoms with Gasteiger partial charge in [0.2, 0.25) is 0 Å². The first-order valence-electron chi connectivity index (χ1n) is 8.35. The molecule has 1 aromatic heterocycles. The van der Waals surface area contributed by atoms with Crippen LogP contribution in [-0.4, -0.2) is 41.5 Å². The number of piperazine rings is 1. The average molecular weight is 327 g/mol. The molecule has 0 spiro atoms. The Morgan fingerprint density at radius 3 is 2.79 bits per heavy atom. The molecule has 0 aliphatic carbocycles. The van der Waals surface area contributed by atoms with Crippen molar-refractivity contribution in [1.82, 2.24) is 9.88 Å². The molecule has 3 rings (SSSR count). The number of halogens is 1. The largest absolute Gasteiger partial charge is 0.365 e. The summed E-state index contributed by atoms with van der Waals surface area (Å²) in [7, 11) is 0. The van der Waals surface area contributed by atoms with Crippen LogP contribution in [-0.2, 0) is 6.42 Å². The molecule has 1 saturated heterocycles. The van der Waals surface area contributed by atoms with E-state index >= 15 is 0 Å². The van der Waals surface area contributed by atoms with Crippen LogP contribution < -0.4 is 4.90 Å². The van der Waals surface area contributed by atoms with Gasteiger partial charge in [-0.3, -0.25) is 9.78 Å². The van der Waals surface area contributed by atoms with Crippen molar-refractivity contribution < 1.29 is 9.18 Å². The van der Waals surface area contributed by atoms with Crippen LogP contribution >= 0.6 is 0 Å². The number of benzene rings is 1. The van der Waals surface area contributed by atoms with Crippen molar-refractivity contribution in [1.29, 1.82) is 0 Å². The molecule has 2 aromatic rings. The van der Waals surface area contributed by atoms with E-state index in [4.69, 9.17) is 0 Å². The fourth-order valence-electron chi connectivity index (χ4n) is 3.26. The highest BCUT2D eigenvalue weighted by Crippen LogP contribution is 2.23. The lowest BCUT2D eigenvalue weighted by molar-refractivity contribution is 0.0672. The number of hydrogen-bond acceptors (Lipinski definition) is 3. The van der Waals surface area contributed by atoms with Crippen LogP contribution in [0.2, 0.25) is 0 Å². The second-order valence-corrected chi connectivity index (χ2v) is 6.13. The van der Waals surface area contributed by atoms with Gasteiger partial charge in [0.25, 0.3) is 5.91 Å². The monoisotopic (exact) mass is 327 g/mol. The van der Waals surface area contributed by atoms with E-state index < -0.39 is 0 Å². The highest BCUT2D eigenvalue weighted by Gasteiger charge is 2.29. The van der Waals surface area contributed by atoms with Gasteiger partial charge < -0.3 is 9.80 Å². The molecule has 2 heterocycles. The molecule has 1 aromatic carbocycles. The molecule has 1 unspecified atom stereocenters. The summed E-state index contributed by atoms with van der Waals surface area (Å²) in [4.78, 5) is 20.9. The molecule has 0 radical (unpaired) electrons. The molecule has 24 heavy (non-hydrogen) atoms. The zero-order valence-electron chi connectivity index (χ0n) is 14.1. The normalized spacial score (nSPS) is 17.9. The minimum absolute atomic E-state index is 0.0173. The Bertz CT molecular complexity index is 734. The molecule has 0 saturated carbocycles. The highest BCUT2D eigenvalue weighted by atomic mass is 19.1. The molecule has 1 fully saturated rings. The number of rotatable bonds is 3. The van der Waals surface area contributed by atoms with Gasteiger partial charge in [-0.25, -0.2) is 4.39 Å². The minimum atomic E-state index is -0.216. The van der Waals surface area contributed by atoms with E-state index in [1.165, 1.54) is 6.07 Å². The van der Waals surface area contributed by atoms with Crippen LogP contribution in [0.5, 0.6) is 0 Å². The summed E-state index contributed by atoms with van der Waals surface area (Å²) in [6, 6.07) is 8.60. The molecule has 1 aliphatic rings. The fourth-order valence-corrected chi connectivity index (χ4v) is 3.26. The third-order valence-electron chi connectivity index (χ3n) is 4.60. The number of aromatic nitrogens is 1. The van der Waals surface area contributed by atoms with E-state index in [1.54, 1.807) is 30.6 Å². The topological polar surface area (TPSA) is 36.4 Å². The van der Waals surface area contributed by atoms with E-state index in [2.05, 4.69) is 4.98 Å². The first kappa shape index (κ1) is 16.4. The number of nitrogens with zero attached hydrogens (tertiary/aromatic N) is 3. The van der Waals surface area contributed by atoms with Crippen molar-refractivity contribution in [2.24, 2.45) is 0 Å². The Kier molecular flexibility index (Phi) is 4.79. The van der Waals surface area contributed by atoms with Crippen molar-refractivity contribution in [3.63, 3.8) is 0 Å². The van der Waals surface area contributed by atoms with Gasteiger partial charge in [0.15, 0.2) is 0 Å². The highest BCUT2D eigenvalue weighted by molar-refractivity contribution is 5.96. The molecule has 1 atom stereocenters. The molecular formula is C19H22FN3O. The van der Waals surface area contributed by atoms with Crippen LogP contribution in [0.1, 0.15) is 29.8 Å². The standard InChI is InChI=1S/C19H22FN3O/c1-3-15-12-21-9-8-16(15)19(24)23-11-10-22(13-14(23)2)18-7-5-4-6-17(18)20/h4-9,12,14H,3,10-11,13H2,1-2H3. The summed E-state index contributed by atoms with van der Waals surface area (Å²) in [6.45, 7) is 5.87. The third kappa shape index (κ3) is 3.11. The van der Waals surface area contributed by atoms with Crippen LogP contribution in [0, 0.1) is 5.82 Å². The summed E-state index contributed by atoms with van der Waals surface area (Å²) < 4.78 is 14.0. The first-order chi connectivity index (χ1) is 11.6. The first-order valence-corrected chi connectivity index (χ1v) is 8.35. The maximum atomic E-state index is 14.0.